The lowest BCUT2D eigenvalue weighted by Gasteiger charge is -2.32. The van der Waals surface area contributed by atoms with Gasteiger partial charge in [0.2, 0.25) is 0 Å². The molecule has 0 radical (unpaired) electrons. The van der Waals surface area contributed by atoms with Gasteiger partial charge in [0.15, 0.2) is 6.61 Å². The molecule has 1 saturated heterocycles. The summed E-state index contributed by atoms with van der Waals surface area (Å²) in [5, 5.41) is 0. The van der Waals surface area contributed by atoms with E-state index in [2.05, 4.69) is 17.1 Å². The van der Waals surface area contributed by atoms with Gasteiger partial charge in [-0.3, -0.25) is 9.69 Å². The van der Waals surface area contributed by atoms with Gasteiger partial charge < -0.3 is 14.4 Å². The Morgan fingerprint density at radius 3 is 2.73 bits per heavy atom. The zero-order valence-corrected chi connectivity index (χ0v) is 15.5. The van der Waals surface area contributed by atoms with Crippen LogP contribution in [0.3, 0.4) is 0 Å². The number of para-hydroxylation sites is 1. The number of benzene rings is 1. The van der Waals surface area contributed by atoms with E-state index < -0.39 is 0 Å². The minimum absolute atomic E-state index is 0.0802. The fourth-order valence-electron chi connectivity index (χ4n) is 3.49. The third-order valence-electron chi connectivity index (χ3n) is 5.10. The molecular weight excluding hydrogens is 328 g/mol. The summed E-state index contributed by atoms with van der Waals surface area (Å²) in [6.45, 7) is 6.09. The summed E-state index contributed by atoms with van der Waals surface area (Å²) < 4.78 is 11.1. The normalized spacial score (nSPS) is 20.7. The van der Waals surface area contributed by atoms with E-state index >= 15 is 0 Å². The number of ether oxygens (including phenoxy) is 2. The lowest BCUT2D eigenvalue weighted by atomic mass is 9.94. The highest BCUT2D eigenvalue weighted by Gasteiger charge is 2.21. The van der Waals surface area contributed by atoms with Crippen LogP contribution in [0.15, 0.2) is 42.5 Å². The first-order valence-electron chi connectivity index (χ1n) is 9.72. The first kappa shape index (κ1) is 18.9. The molecule has 0 N–H and O–H groups in total. The SMILES string of the molecule is O=C(COc1ccccc1)N(CCN1CCOCC1)C[C@@H]1CC=CCC1. The van der Waals surface area contributed by atoms with E-state index in [1.165, 1.54) is 0 Å². The number of morpholine rings is 1. The number of rotatable bonds is 8. The number of carbonyl (C=O) groups is 1. The highest BCUT2D eigenvalue weighted by molar-refractivity contribution is 5.77. The molecule has 0 aromatic heterocycles. The molecule has 1 aromatic carbocycles. The van der Waals surface area contributed by atoms with Crippen LogP contribution in [0.2, 0.25) is 0 Å². The summed E-state index contributed by atoms with van der Waals surface area (Å²) in [4.78, 5) is 17.2. The average Bonchev–Trinajstić information content (AvgIpc) is 2.71. The summed E-state index contributed by atoms with van der Waals surface area (Å²) in [7, 11) is 0. The molecular formula is C21H30N2O3. The monoisotopic (exact) mass is 358 g/mol. The molecule has 1 atom stereocenters. The van der Waals surface area contributed by atoms with E-state index in [1.54, 1.807) is 0 Å². The maximum Gasteiger partial charge on any atom is 0.260 e. The Morgan fingerprint density at radius 2 is 2.00 bits per heavy atom. The maximum atomic E-state index is 12.8. The lowest BCUT2D eigenvalue weighted by Crippen LogP contribution is -2.45. The van der Waals surface area contributed by atoms with Crippen molar-refractivity contribution in [2.45, 2.75) is 19.3 Å². The van der Waals surface area contributed by atoms with Crippen LogP contribution in [0, 0.1) is 5.92 Å². The molecule has 0 bridgehead atoms. The third-order valence-corrected chi connectivity index (χ3v) is 5.10. The van der Waals surface area contributed by atoms with Crippen molar-refractivity contribution in [3.63, 3.8) is 0 Å². The number of amides is 1. The molecule has 26 heavy (non-hydrogen) atoms. The molecule has 1 aliphatic carbocycles. The standard InChI is InChI=1S/C21H30N2O3/c24-21(18-26-20-9-5-2-6-10-20)23(17-19-7-3-1-4-8-19)12-11-22-13-15-25-16-14-22/h1-3,5-6,9-10,19H,4,7-8,11-18H2/t19-/m1/s1. The molecule has 1 heterocycles. The van der Waals surface area contributed by atoms with Gasteiger partial charge in [0.1, 0.15) is 5.75 Å². The summed E-state index contributed by atoms with van der Waals surface area (Å²) >= 11 is 0. The van der Waals surface area contributed by atoms with Crippen molar-refractivity contribution in [3.05, 3.63) is 42.5 Å². The smallest absolute Gasteiger partial charge is 0.260 e. The quantitative estimate of drug-likeness (QED) is 0.670. The largest absolute Gasteiger partial charge is 0.484 e. The van der Waals surface area contributed by atoms with Crippen molar-refractivity contribution in [1.29, 1.82) is 0 Å². The average molecular weight is 358 g/mol. The second kappa shape index (κ2) is 10.3. The Morgan fingerprint density at radius 1 is 1.19 bits per heavy atom. The molecule has 0 saturated carbocycles. The molecule has 1 aromatic rings. The second-order valence-electron chi connectivity index (χ2n) is 7.05. The van der Waals surface area contributed by atoms with Gasteiger partial charge in [0.05, 0.1) is 13.2 Å². The molecule has 5 heteroatoms. The van der Waals surface area contributed by atoms with Crippen molar-refractivity contribution in [2.24, 2.45) is 5.92 Å². The topological polar surface area (TPSA) is 42.0 Å². The highest BCUT2D eigenvalue weighted by atomic mass is 16.5. The number of hydrogen-bond donors (Lipinski definition) is 0. The van der Waals surface area contributed by atoms with Gasteiger partial charge in [-0.2, -0.15) is 0 Å². The maximum absolute atomic E-state index is 12.8. The van der Waals surface area contributed by atoms with Gasteiger partial charge >= 0.3 is 0 Å². The zero-order valence-electron chi connectivity index (χ0n) is 15.5. The first-order valence-corrected chi connectivity index (χ1v) is 9.72. The summed E-state index contributed by atoms with van der Waals surface area (Å²) in [5.74, 6) is 1.39. The number of allylic oxidation sites excluding steroid dienone is 2. The molecule has 3 rings (SSSR count). The van der Waals surface area contributed by atoms with Crippen LogP contribution in [-0.2, 0) is 9.53 Å². The summed E-state index contributed by atoms with van der Waals surface area (Å²) in [5.41, 5.74) is 0. The van der Waals surface area contributed by atoms with Crippen LogP contribution >= 0.6 is 0 Å². The summed E-state index contributed by atoms with van der Waals surface area (Å²) in [6.07, 6.45) is 7.85. The van der Waals surface area contributed by atoms with Crippen LogP contribution in [0.5, 0.6) is 5.75 Å². The predicted molar refractivity (Wildman–Crippen MR) is 102 cm³/mol. The Hall–Kier alpha value is -1.85. The fourth-order valence-corrected chi connectivity index (χ4v) is 3.49. The van der Waals surface area contributed by atoms with Crippen molar-refractivity contribution in [2.75, 3.05) is 52.5 Å². The molecule has 5 nitrogen and oxygen atoms in total. The zero-order chi connectivity index (χ0) is 18.0. The predicted octanol–water partition coefficient (Wildman–Crippen LogP) is 2.58. The van der Waals surface area contributed by atoms with Crippen LogP contribution in [0.1, 0.15) is 19.3 Å². The van der Waals surface area contributed by atoms with Crippen LogP contribution in [-0.4, -0.2) is 68.3 Å². The second-order valence-corrected chi connectivity index (χ2v) is 7.05. The van der Waals surface area contributed by atoms with E-state index in [-0.39, 0.29) is 12.5 Å². The van der Waals surface area contributed by atoms with Crippen molar-refractivity contribution in [1.82, 2.24) is 9.80 Å². The van der Waals surface area contributed by atoms with Gasteiger partial charge in [0, 0.05) is 32.7 Å². The highest BCUT2D eigenvalue weighted by Crippen LogP contribution is 2.19. The lowest BCUT2D eigenvalue weighted by molar-refractivity contribution is -0.134. The van der Waals surface area contributed by atoms with E-state index in [0.717, 1.165) is 70.9 Å². The van der Waals surface area contributed by atoms with Gasteiger partial charge in [-0.05, 0) is 37.3 Å². The number of carbonyl (C=O) groups excluding carboxylic acids is 1. The minimum atomic E-state index is 0.0802. The Kier molecular flexibility index (Phi) is 7.52. The van der Waals surface area contributed by atoms with Gasteiger partial charge in [-0.15, -0.1) is 0 Å². The van der Waals surface area contributed by atoms with Gasteiger partial charge in [-0.25, -0.2) is 0 Å². The molecule has 0 spiro atoms. The first-order chi connectivity index (χ1) is 12.8. The van der Waals surface area contributed by atoms with Crippen LogP contribution in [0.25, 0.3) is 0 Å². The fraction of sp³-hybridized carbons (Fsp3) is 0.571. The van der Waals surface area contributed by atoms with Crippen LogP contribution in [0.4, 0.5) is 0 Å². The number of nitrogens with zero attached hydrogens (tertiary/aromatic N) is 2. The third kappa shape index (κ3) is 6.15. The van der Waals surface area contributed by atoms with Crippen LogP contribution < -0.4 is 4.74 Å². The van der Waals surface area contributed by atoms with Crippen molar-refractivity contribution >= 4 is 5.91 Å². The van der Waals surface area contributed by atoms with Crippen molar-refractivity contribution < 1.29 is 14.3 Å². The molecule has 1 amide bonds. The minimum Gasteiger partial charge on any atom is -0.484 e. The molecule has 1 fully saturated rings. The van der Waals surface area contributed by atoms with Gasteiger partial charge in [0.25, 0.3) is 5.91 Å². The Balaban J connectivity index is 1.53. The van der Waals surface area contributed by atoms with Gasteiger partial charge in [-0.1, -0.05) is 30.4 Å². The summed E-state index contributed by atoms with van der Waals surface area (Å²) in [6, 6.07) is 9.56. The van der Waals surface area contributed by atoms with E-state index in [1.807, 2.05) is 35.2 Å². The van der Waals surface area contributed by atoms with E-state index in [0.29, 0.717) is 5.92 Å². The molecule has 0 unspecified atom stereocenters. The van der Waals surface area contributed by atoms with E-state index in [4.69, 9.17) is 9.47 Å². The van der Waals surface area contributed by atoms with Crippen molar-refractivity contribution in [3.8, 4) is 5.75 Å². The Labute approximate surface area is 156 Å². The molecule has 142 valence electrons. The number of hydrogen-bond acceptors (Lipinski definition) is 4. The Bertz CT molecular complexity index is 570. The molecule has 1 aliphatic heterocycles. The molecule has 2 aliphatic rings. The van der Waals surface area contributed by atoms with E-state index in [9.17, 15) is 4.79 Å².